The Bertz CT molecular complexity index is 963. The van der Waals surface area contributed by atoms with Crippen molar-refractivity contribution in [2.75, 3.05) is 0 Å². The molecule has 7 heteroatoms. The molecule has 2 atom stereocenters. The first-order valence-corrected chi connectivity index (χ1v) is 9.67. The van der Waals surface area contributed by atoms with Crippen molar-refractivity contribution in [3.63, 3.8) is 0 Å². The number of ketones is 1. The van der Waals surface area contributed by atoms with Gasteiger partial charge in [-0.05, 0) is 37.8 Å². The van der Waals surface area contributed by atoms with Gasteiger partial charge in [-0.3, -0.25) is 19.2 Å². The number of aromatic nitrogens is 1. The molecule has 1 aromatic carbocycles. The number of amides is 2. The van der Waals surface area contributed by atoms with Crippen molar-refractivity contribution in [2.45, 2.75) is 45.2 Å². The zero-order chi connectivity index (χ0) is 21.0. The van der Waals surface area contributed by atoms with Crippen molar-refractivity contribution < 1.29 is 14.4 Å². The summed E-state index contributed by atoms with van der Waals surface area (Å²) in [6.07, 6.45) is 2.04. The van der Waals surface area contributed by atoms with Gasteiger partial charge in [-0.2, -0.15) is 0 Å². The highest BCUT2D eigenvalue weighted by atomic mass is 16.2. The average Bonchev–Trinajstić information content (AvgIpc) is 3.46. The van der Waals surface area contributed by atoms with Gasteiger partial charge in [0.05, 0.1) is 6.04 Å². The number of pyridine rings is 1. The van der Waals surface area contributed by atoms with E-state index in [4.69, 9.17) is 0 Å². The van der Waals surface area contributed by atoms with Crippen LogP contribution < -0.4 is 16.2 Å². The van der Waals surface area contributed by atoms with Gasteiger partial charge in [-0.25, -0.2) is 0 Å². The van der Waals surface area contributed by atoms with Crippen LogP contribution in [-0.4, -0.2) is 34.7 Å². The number of nitrogens with one attached hydrogen (secondary N) is 3. The van der Waals surface area contributed by atoms with Crippen LogP contribution in [-0.2, 0) is 16.0 Å². The predicted octanol–water partition coefficient (Wildman–Crippen LogP) is 1.59. The number of Topliss-reactive ketones (excluding diaryl/α,β-unsaturated/α-hetero) is 1. The molecule has 152 valence electrons. The van der Waals surface area contributed by atoms with E-state index in [0.717, 1.165) is 18.4 Å². The Morgan fingerprint density at radius 1 is 1.03 bits per heavy atom. The smallest absolute Gasteiger partial charge is 0.268 e. The van der Waals surface area contributed by atoms with Gasteiger partial charge in [0.1, 0.15) is 11.7 Å². The number of carbonyl (C=O) groups excluding carboxylic acids is 3. The minimum absolute atomic E-state index is 0.0145. The van der Waals surface area contributed by atoms with Crippen LogP contribution in [0.5, 0.6) is 0 Å². The molecule has 0 radical (unpaired) electrons. The molecule has 1 saturated carbocycles. The molecule has 3 rings (SSSR count). The summed E-state index contributed by atoms with van der Waals surface area (Å²) in [6, 6.07) is 12.2. The Balaban J connectivity index is 1.67. The van der Waals surface area contributed by atoms with Gasteiger partial charge >= 0.3 is 0 Å². The molecule has 29 heavy (non-hydrogen) atoms. The minimum atomic E-state index is -0.871. The molecule has 0 saturated heterocycles. The summed E-state index contributed by atoms with van der Waals surface area (Å²) < 4.78 is 0. The molecular weight excluding hydrogens is 370 g/mol. The van der Waals surface area contributed by atoms with Crippen LogP contribution in [0.3, 0.4) is 0 Å². The summed E-state index contributed by atoms with van der Waals surface area (Å²) in [6.45, 7) is 3.45. The lowest BCUT2D eigenvalue weighted by Gasteiger charge is -2.23. The van der Waals surface area contributed by atoms with Crippen molar-refractivity contribution in [3.8, 4) is 0 Å². The van der Waals surface area contributed by atoms with Crippen LogP contribution >= 0.6 is 0 Å². The molecule has 1 aliphatic carbocycles. The summed E-state index contributed by atoms with van der Waals surface area (Å²) >= 11 is 0. The topological polar surface area (TPSA) is 108 Å². The van der Waals surface area contributed by atoms with Gasteiger partial charge < -0.3 is 15.6 Å². The molecule has 1 heterocycles. The Hall–Kier alpha value is -3.22. The summed E-state index contributed by atoms with van der Waals surface area (Å²) in [7, 11) is 0. The van der Waals surface area contributed by atoms with Crippen molar-refractivity contribution in [3.05, 3.63) is 70.1 Å². The van der Waals surface area contributed by atoms with Crippen molar-refractivity contribution in [1.82, 2.24) is 15.6 Å². The van der Waals surface area contributed by atoms with E-state index in [1.165, 1.54) is 25.1 Å². The van der Waals surface area contributed by atoms with Gasteiger partial charge in [0, 0.05) is 11.5 Å². The second-order valence-electron chi connectivity index (χ2n) is 7.80. The maximum atomic E-state index is 12.9. The Labute approximate surface area is 168 Å². The third kappa shape index (κ3) is 5.19. The summed E-state index contributed by atoms with van der Waals surface area (Å²) in [4.78, 5) is 51.6. The van der Waals surface area contributed by atoms with Crippen LogP contribution in [0.4, 0.5) is 0 Å². The molecule has 1 fully saturated rings. The maximum absolute atomic E-state index is 12.9. The van der Waals surface area contributed by atoms with E-state index in [-0.39, 0.29) is 16.9 Å². The third-order valence-electron chi connectivity index (χ3n) is 5.26. The number of hydrogen-bond acceptors (Lipinski definition) is 4. The van der Waals surface area contributed by atoms with Crippen molar-refractivity contribution in [2.24, 2.45) is 5.41 Å². The molecule has 1 aromatic heterocycles. The van der Waals surface area contributed by atoms with Crippen LogP contribution in [0.1, 0.15) is 42.7 Å². The van der Waals surface area contributed by atoms with E-state index in [9.17, 15) is 19.2 Å². The van der Waals surface area contributed by atoms with E-state index in [2.05, 4.69) is 15.6 Å². The number of benzene rings is 1. The zero-order valence-corrected chi connectivity index (χ0v) is 16.5. The highest BCUT2D eigenvalue weighted by molar-refractivity contribution is 5.98. The number of rotatable bonds is 8. The number of hydrogen-bond donors (Lipinski definition) is 3. The largest absolute Gasteiger partial charge is 0.344 e. The van der Waals surface area contributed by atoms with E-state index in [1.54, 1.807) is 0 Å². The molecule has 2 unspecified atom stereocenters. The second kappa shape index (κ2) is 8.43. The maximum Gasteiger partial charge on any atom is 0.268 e. The van der Waals surface area contributed by atoms with Crippen LogP contribution in [0.15, 0.2) is 53.3 Å². The fourth-order valence-electron chi connectivity index (χ4n) is 3.13. The van der Waals surface area contributed by atoms with Crippen molar-refractivity contribution in [1.29, 1.82) is 0 Å². The summed E-state index contributed by atoms with van der Waals surface area (Å²) in [5.74, 6) is -0.999. The standard InChI is InChI=1S/C22H25N3O4/c1-14(23-21(29)16-9-6-10-18(26)24-16)20(28)25-17(19(27)22(2)11-12-22)13-15-7-4-3-5-8-15/h3-10,14,17H,11-13H2,1-2H3,(H,23,29)(H,24,26)(H,25,28). The van der Waals surface area contributed by atoms with Gasteiger partial charge in [0.2, 0.25) is 11.5 Å². The van der Waals surface area contributed by atoms with Crippen LogP contribution in [0.25, 0.3) is 0 Å². The molecule has 2 aromatic rings. The predicted molar refractivity (Wildman–Crippen MR) is 108 cm³/mol. The molecule has 0 spiro atoms. The molecule has 7 nitrogen and oxygen atoms in total. The second-order valence-corrected chi connectivity index (χ2v) is 7.80. The molecule has 2 amide bonds. The quantitative estimate of drug-likeness (QED) is 0.631. The number of carbonyl (C=O) groups is 3. The molecular formula is C22H25N3O4. The third-order valence-corrected chi connectivity index (χ3v) is 5.26. The Kier molecular flexibility index (Phi) is 5.96. The normalized spacial score (nSPS) is 16.3. The lowest BCUT2D eigenvalue weighted by Crippen LogP contribution is -2.52. The summed E-state index contributed by atoms with van der Waals surface area (Å²) in [5.41, 5.74) is 0.234. The Morgan fingerprint density at radius 2 is 1.72 bits per heavy atom. The van der Waals surface area contributed by atoms with Gasteiger partial charge in [-0.1, -0.05) is 43.3 Å². The number of aromatic amines is 1. The van der Waals surface area contributed by atoms with Crippen LogP contribution in [0, 0.1) is 5.41 Å². The lowest BCUT2D eigenvalue weighted by molar-refractivity contribution is -0.131. The highest BCUT2D eigenvalue weighted by Gasteiger charge is 2.47. The first kappa shape index (κ1) is 20.5. The molecule has 0 bridgehead atoms. The Morgan fingerprint density at radius 3 is 2.34 bits per heavy atom. The minimum Gasteiger partial charge on any atom is -0.344 e. The van der Waals surface area contributed by atoms with Crippen molar-refractivity contribution >= 4 is 17.6 Å². The monoisotopic (exact) mass is 395 g/mol. The van der Waals surface area contributed by atoms with Crippen LogP contribution in [0.2, 0.25) is 0 Å². The molecule has 1 aliphatic rings. The fraction of sp³-hybridized carbons (Fsp3) is 0.364. The number of H-pyrrole nitrogens is 1. The van der Waals surface area contributed by atoms with E-state index >= 15 is 0 Å². The molecule has 0 aliphatic heterocycles. The first-order valence-electron chi connectivity index (χ1n) is 9.67. The fourth-order valence-corrected chi connectivity index (χ4v) is 3.13. The van der Waals surface area contributed by atoms with Gasteiger partial charge in [0.15, 0.2) is 5.78 Å². The van der Waals surface area contributed by atoms with Gasteiger partial charge in [0.25, 0.3) is 5.91 Å². The SMILES string of the molecule is CC(NC(=O)c1cccc(=O)[nH]1)C(=O)NC(Cc1ccccc1)C(=O)C1(C)CC1. The van der Waals surface area contributed by atoms with E-state index in [1.807, 2.05) is 37.3 Å². The van der Waals surface area contributed by atoms with E-state index in [0.29, 0.717) is 6.42 Å². The molecule has 3 N–H and O–H groups in total. The first-order chi connectivity index (χ1) is 13.8. The zero-order valence-electron chi connectivity index (χ0n) is 16.5. The average molecular weight is 395 g/mol. The van der Waals surface area contributed by atoms with Gasteiger partial charge in [-0.15, -0.1) is 0 Å². The highest BCUT2D eigenvalue weighted by Crippen LogP contribution is 2.46. The lowest BCUT2D eigenvalue weighted by atomic mass is 9.92. The summed E-state index contributed by atoms with van der Waals surface area (Å²) in [5, 5.41) is 5.36. The van der Waals surface area contributed by atoms with E-state index < -0.39 is 29.5 Å².